The number of amides is 1. The molecule has 0 saturated carbocycles. The largest absolute Gasteiger partial charge is 0.351 e. The molecule has 2 rings (SSSR count). The quantitative estimate of drug-likeness (QED) is 0.892. The highest BCUT2D eigenvalue weighted by Crippen LogP contribution is 2.19. The molecule has 2 aromatic rings. The molecule has 0 bridgehead atoms. The summed E-state index contributed by atoms with van der Waals surface area (Å²) < 4.78 is 15.6. The molecule has 0 saturated heterocycles. The third-order valence-corrected chi connectivity index (χ3v) is 3.60. The molecule has 1 N–H and O–H groups in total. The van der Waals surface area contributed by atoms with Gasteiger partial charge in [-0.15, -0.1) is 0 Å². The van der Waals surface area contributed by atoms with Crippen molar-refractivity contribution in [1.82, 2.24) is 14.9 Å². The van der Waals surface area contributed by atoms with Gasteiger partial charge in [-0.2, -0.15) is 0 Å². The van der Waals surface area contributed by atoms with Crippen molar-refractivity contribution in [2.24, 2.45) is 0 Å². The number of hydrogen-bond donors (Lipinski definition) is 1. The minimum atomic E-state index is -0.458. The molecule has 6 heteroatoms. The van der Waals surface area contributed by atoms with Gasteiger partial charge in [0, 0.05) is 35.6 Å². The number of nitrogens with one attached hydrogen (secondary N) is 1. The second kappa shape index (κ2) is 7.22. The van der Waals surface area contributed by atoms with E-state index in [2.05, 4.69) is 10.3 Å². The van der Waals surface area contributed by atoms with Crippen LogP contribution in [0.1, 0.15) is 18.9 Å². The van der Waals surface area contributed by atoms with Crippen molar-refractivity contribution in [3.05, 3.63) is 53.3 Å². The molecule has 1 aromatic heterocycles. The Morgan fingerprint density at radius 2 is 2.33 bits per heavy atom. The van der Waals surface area contributed by atoms with Crippen LogP contribution in [0, 0.1) is 5.82 Å². The Bertz CT molecular complexity index is 581. The number of aromatic nitrogens is 2. The molecule has 0 aliphatic rings. The average Bonchev–Trinajstić information content (AvgIpc) is 2.95. The monoisotopic (exact) mass is 309 g/mol. The van der Waals surface area contributed by atoms with E-state index in [0.717, 1.165) is 6.42 Å². The van der Waals surface area contributed by atoms with Gasteiger partial charge in [-0.25, -0.2) is 9.37 Å². The number of hydrogen-bond acceptors (Lipinski definition) is 2. The third-order valence-electron chi connectivity index (χ3n) is 3.25. The molecule has 112 valence electrons. The van der Waals surface area contributed by atoms with Crippen molar-refractivity contribution in [2.75, 3.05) is 0 Å². The zero-order valence-electron chi connectivity index (χ0n) is 11.7. The van der Waals surface area contributed by atoms with Gasteiger partial charge < -0.3 is 9.88 Å². The molecule has 4 nitrogen and oxygen atoms in total. The zero-order valence-corrected chi connectivity index (χ0v) is 12.5. The fraction of sp³-hybridized carbons (Fsp3) is 0.333. The van der Waals surface area contributed by atoms with Crippen LogP contribution in [0.3, 0.4) is 0 Å². The predicted octanol–water partition coefficient (Wildman–Crippen LogP) is 2.81. The van der Waals surface area contributed by atoms with Gasteiger partial charge in [-0.3, -0.25) is 4.79 Å². The maximum absolute atomic E-state index is 13.7. The van der Waals surface area contributed by atoms with Gasteiger partial charge >= 0.3 is 0 Å². The standard InChI is InChI=1S/C15H17ClFN3O/c1-2-11(9-20-7-6-18-10-20)19-15(21)8-12-13(16)4-3-5-14(12)17/h3-7,10-11H,2,8-9H2,1H3,(H,19,21)/t11-/m1/s1. The molecule has 1 aromatic carbocycles. The number of benzene rings is 1. The van der Waals surface area contributed by atoms with Crippen molar-refractivity contribution in [2.45, 2.75) is 32.4 Å². The molecule has 0 fully saturated rings. The molecule has 0 aliphatic carbocycles. The summed E-state index contributed by atoms with van der Waals surface area (Å²) in [6.45, 7) is 2.62. The predicted molar refractivity (Wildman–Crippen MR) is 79.6 cm³/mol. The normalized spacial score (nSPS) is 12.1. The van der Waals surface area contributed by atoms with Crippen molar-refractivity contribution < 1.29 is 9.18 Å². The van der Waals surface area contributed by atoms with Crippen molar-refractivity contribution in [3.8, 4) is 0 Å². The van der Waals surface area contributed by atoms with Crippen LogP contribution in [0.2, 0.25) is 5.02 Å². The Morgan fingerprint density at radius 3 is 2.95 bits per heavy atom. The fourth-order valence-corrected chi connectivity index (χ4v) is 2.30. The first kappa shape index (κ1) is 15.5. The second-order valence-electron chi connectivity index (χ2n) is 4.81. The molecule has 0 spiro atoms. The van der Waals surface area contributed by atoms with Crippen molar-refractivity contribution >= 4 is 17.5 Å². The van der Waals surface area contributed by atoms with Crippen LogP contribution in [0.5, 0.6) is 0 Å². The highest BCUT2D eigenvalue weighted by Gasteiger charge is 2.15. The molecular weight excluding hydrogens is 293 g/mol. The average molecular weight is 310 g/mol. The number of imidazole rings is 1. The fourth-order valence-electron chi connectivity index (χ4n) is 2.07. The Labute approximate surface area is 127 Å². The lowest BCUT2D eigenvalue weighted by Gasteiger charge is -2.17. The number of carbonyl (C=O) groups excluding carboxylic acids is 1. The molecule has 1 heterocycles. The molecule has 0 aliphatic heterocycles. The number of rotatable bonds is 6. The smallest absolute Gasteiger partial charge is 0.224 e. The topological polar surface area (TPSA) is 46.9 Å². The van der Waals surface area contributed by atoms with Crippen LogP contribution in [0.15, 0.2) is 36.9 Å². The minimum absolute atomic E-state index is 0.0303. The lowest BCUT2D eigenvalue weighted by Crippen LogP contribution is -2.38. The summed E-state index contributed by atoms with van der Waals surface area (Å²) in [6.07, 6.45) is 5.93. The molecule has 0 radical (unpaired) electrons. The second-order valence-corrected chi connectivity index (χ2v) is 5.22. The molecule has 21 heavy (non-hydrogen) atoms. The number of halogens is 2. The summed E-state index contributed by atoms with van der Waals surface area (Å²) in [5, 5.41) is 3.17. The van der Waals surface area contributed by atoms with Crippen LogP contribution in [-0.2, 0) is 17.8 Å². The molecule has 0 unspecified atom stereocenters. The van der Waals surface area contributed by atoms with Gasteiger partial charge in [-0.05, 0) is 18.6 Å². The number of carbonyl (C=O) groups is 1. The van der Waals surface area contributed by atoms with Gasteiger partial charge in [0.1, 0.15) is 5.82 Å². The lowest BCUT2D eigenvalue weighted by molar-refractivity contribution is -0.121. The maximum atomic E-state index is 13.7. The van der Waals surface area contributed by atoms with Gasteiger partial charge in [0.15, 0.2) is 0 Å². The minimum Gasteiger partial charge on any atom is -0.351 e. The molecule has 1 amide bonds. The van der Waals surface area contributed by atoms with E-state index in [1.807, 2.05) is 17.7 Å². The van der Waals surface area contributed by atoms with E-state index in [-0.39, 0.29) is 29.0 Å². The first-order chi connectivity index (χ1) is 10.1. The Morgan fingerprint density at radius 1 is 1.52 bits per heavy atom. The zero-order chi connectivity index (χ0) is 15.2. The summed E-state index contributed by atoms with van der Waals surface area (Å²) in [6, 6.07) is 4.37. The summed E-state index contributed by atoms with van der Waals surface area (Å²) >= 11 is 5.93. The van der Waals surface area contributed by atoms with E-state index >= 15 is 0 Å². The van der Waals surface area contributed by atoms with Crippen LogP contribution in [-0.4, -0.2) is 21.5 Å². The van der Waals surface area contributed by atoms with Crippen molar-refractivity contribution in [1.29, 1.82) is 0 Å². The lowest BCUT2D eigenvalue weighted by atomic mass is 10.1. The van der Waals surface area contributed by atoms with Crippen LogP contribution in [0.4, 0.5) is 4.39 Å². The highest BCUT2D eigenvalue weighted by molar-refractivity contribution is 6.31. The van der Waals surface area contributed by atoms with Gasteiger partial charge in [-0.1, -0.05) is 24.6 Å². The van der Waals surface area contributed by atoms with Gasteiger partial charge in [0.05, 0.1) is 12.7 Å². The van der Waals surface area contributed by atoms with E-state index < -0.39 is 5.82 Å². The summed E-state index contributed by atoms with van der Waals surface area (Å²) in [7, 11) is 0. The van der Waals surface area contributed by atoms with Crippen LogP contribution < -0.4 is 5.32 Å². The summed E-state index contributed by atoms with van der Waals surface area (Å²) in [4.78, 5) is 16.0. The Kier molecular flexibility index (Phi) is 5.33. The van der Waals surface area contributed by atoms with Crippen LogP contribution in [0.25, 0.3) is 0 Å². The maximum Gasteiger partial charge on any atom is 0.224 e. The van der Waals surface area contributed by atoms with E-state index in [9.17, 15) is 9.18 Å². The van der Waals surface area contributed by atoms with E-state index in [0.29, 0.717) is 6.54 Å². The first-order valence-corrected chi connectivity index (χ1v) is 7.16. The Hall–Kier alpha value is -1.88. The highest BCUT2D eigenvalue weighted by atomic mass is 35.5. The van der Waals surface area contributed by atoms with E-state index in [4.69, 9.17) is 11.6 Å². The third kappa shape index (κ3) is 4.29. The summed E-state index contributed by atoms with van der Waals surface area (Å²) in [5.74, 6) is -0.700. The Balaban J connectivity index is 1.97. The number of nitrogens with zero attached hydrogens (tertiary/aromatic N) is 2. The summed E-state index contributed by atoms with van der Waals surface area (Å²) in [5.41, 5.74) is 0.231. The van der Waals surface area contributed by atoms with E-state index in [1.54, 1.807) is 18.6 Å². The van der Waals surface area contributed by atoms with Crippen molar-refractivity contribution in [3.63, 3.8) is 0 Å². The van der Waals surface area contributed by atoms with E-state index in [1.165, 1.54) is 12.1 Å². The van der Waals surface area contributed by atoms with Crippen LogP contribution >= 0.6 is 11.6 Å². The van der Waals surface area contributed by atoms with Gasteiger partial charge in [0.25, 0.3) is 0 Å². The SMILES string of the molecule is CC[C@H](Cn1ccnc1)NC(=O)Cc1c(F)cccc1Cl. The molecular formula is C15H17ClFN3O. The molecule has 1 atom stereocenters. The first-order valence-electron chi connectivity index (χ1n) is 6.78. The van der Waals surface area contributed by atoms with Gasteiger partial charge in [0.2, 0.25) is 5.91 Å².